The number of rotatable bonds is 7. The molecule has 10 heteroatoms. The van der Waals surface area contributed by atoms with Crippen LogP contribution in [-0.4, -0.2) is 29.1 Å². The Balaban J connectivity index is 2.08. The first kappa shape index (κ1) is 21.0. The van der Waals surface area contributed by atoms with Gasteiger partial charge in [0.05, 0.1) is 18.7 Å². The maximum absolute atomic E-state index is 13.7. The van der Waals surface area contributed by atoms with E-state index >= 15 is 0 Å². The molecule has 0 aliphatic carbocycles. The fraction of sp³-hybridized carbons (Fsp3) is 0.353. The van der Waals surface area contributed by atoms with Gasteiger partial charge in [0.25, 0.3) is 5.91 Å². The van der Waals surface area contributed by atoms with Crippen molar-refractivity contribution in [2.45, 2.75) is 32.8 Å². The minimum Gasteiger partial charge on any atom is -0.475 e. The van der Waals surface area contributed by atoms with Crippen molar-refractivity contribution in [3.63, 3.8) is 0 Å². The molecule has 0 atom stereocenters. The van der Waals surface area contributed by atoms with Crippen molar-refractivity contribution in [3.8, 4) is 5.75 Å². The Morgan fingerprint density at radius 1 is 1.33 bits per heavy atom. The minimum absolute atomic E-state index is 0.125. The number of nitrogens with one attached hydrogen (secondary N) is 1. The number of esters is 1. The van der Waals surface area contributed by atoms with Crippen LogP contribution in [0.25, 0.3) is 0 Å². The maximum Gasteiger partial charge on any atom is 0.311 e. The molecule has 27 heavy (non-hydrogen) atoms. The number of anilines is 1. The van der Waals surface area contributed by atoms with E-state index in [1.165, 1.54) is 13.8 Å². The quantitative estimate of drug-likeness (QED) is 0.688. The number of ether oxygens (including phenoxy) is 2. The molecule has 0 saturated carbocycles. The van der Waals surface area contributed by atoms with Gasteiger partial charge < -0.3 is 9.47 Å². The van der Waals surface area contributed by atoms with Crippen molar-refractivity contribution in [1.82, 2.24) is 4.98 Å². The van der Waals surface area contributed by atoms with E-state index in [-0.39, 0.29) is 33.9 Å². The van der Waals surface area contributed by atoms with E-state index in [1.54, 1.807) is 6.92 Å². The van der Waals surface area contributed by atoms with Crippen molar-refractivity contribution in [3.05, 3.63) is 39.9 Å². The lowest BCUT2D eigenvalue weighted by molar-refractivity contribution is -0.142. The number of benzene rings is 1. The Labute approximate surface area is 163 Å². The van der Waals surface area contributed by atoms with Gasteiger partial charge >= 0.3 is 5.97 Å². The van der Waals surface area contributed by atoms with E-state index in [0.29, 0.717) is 6.07 Å². The predicted molar refractivity (Wildman–Crippen MR) is 97.2 cm³/mol. The first-order valence-corrected chi connectivity index (χ1v) is 9.08. The van der Waals surface area contributed by atoms with Gasteiger partial charge in [0, 0.05) is 6.07 Å². The third-order valence-electron chi connectivity index (χ3n) is 3.29. The number of carbonyl (C=O) groups is 2. The number of hydrogen-bond acceptors (Lipinski definition) is 6. The Morgan fingerprint density at radius 3 is 2.67 bits per heavy atom. The minimum atomic E-state index is -1.49. The zero-order chi connectivity index (χ0) is 20.2. The molecule has 1 aromatic heterocycles. The van der Waals surface area contributed by atoms with Gasteiger partial charge in [-0.05, 0) is 32.9 Å². The van der Waals surface area contributed by atoms with Crippen LogP contribution in [0.15, 0.2) is 18.2 Å². The number of nitrogens with zero attached hydrogens (tertiary/aromatic N) is 1. The van der Waals surface area contributed by atoms with Gasteiger partial charge in [0.2, 0.25) is 0 Å². The summed E-state index contributed by atoms with van der Waals surface area (Å²) in [6, 6.07) is 2.78. The highest BCUT2D eigenvalue weighted by Gasteiger charge is 2.32. The third kappa shape index (κ3) is 5.61. The third-order valence-corrected chi connectivity index (χ3v) is 4.54. The average Bonchev–Trinajstić information content (AvgIpc) is 2.89. The summed E-state index contributed by atoms with van der Waals surface area (Å²) in [5.74, 6) is -3.06. The molecule has 6 nitrogen and oxygen atoms in total. The van der Waals surface area contributed by atoms with Crippen LogP contribution in [0.5, 0.6) is 5.75 Å². The van der Waals surface area contributed by atoms with Gasteiger partial charge in [-0.15, -0.1) is 0 Å². The maximum atomic E-state index is 13.7. The molecule has 1 N–H and O–H groups in total. The molecular weight excluding hydrogens is 402 g/mol. The summed E-state index contributed by atoms with van der Waals surface area (Å²) >= 11 is 7.00. The summed E-state index contributed by atoms with van der Waals surface area (Å²) < 4.78 is 37.2. The van der Waals surface area contributed by atoms with Gasteiger partial charge in [-0.25, -0.2) is 13.8 Å². The lowest BCUT2D eigenvalue weighted by atomic mass is 10.1. The van der Waals surface area contributed by atoms with Crippen LogP contribution in [0.3, 0.4) is 0 Å². The zero-order valence-corrected chi connectivity index (χ0v) is 16.3. The standard InChI is InChI=1S/C17H17ClF2N2O4S/c1-4-25-13(23)8-11-14(18)27-16(21-11)22-15(24)17(2,3)26-12-6-5-9(19)7-10(12)20/h5-7H,4,8H2,1-3H3,(H,21,22,24). The molecule has 0 radical (unpaired) electrons. The van der Waals surface area contributed by atoms with Crippen molar-refractivity contribution in [2.24, 2.45) is 0 Å². The second-order valence-electron chi connectivity index (χ2n) is 5.86. The molecule has 0 saturated heterocycles. The second-order valence-corrected chi connectivity index (χ2v) is 7.46. The van der Waals surface area contributed by atoms with Crippen molar-refractivity contribution >= 4 is 39.9 Å². The number of halogens is 3. The normalized spacial score (nSPS) is 11.2. The zero-order valence-electron chi connectivity index (χ0n) is 14.8. The molecule has 1 aromatic carbocycles. The lowest BCUT2D eigenvalue weighted by Crippen LogP contribution is -2.42. The van der Waals surface area contributed by atoms with Crippen LogP contribution in [0.1, 0.15) is 26.5 Å². The van der Waals surface area contributed by atoms with Gasteiger partial charge in [-0.3, -0.25) is 14.9 Å². The fourth-order valence-corrected chi connectivity index (χ4v) is 3.00. The number of hydrogen-bond donors (Lipinski definition) is 1. The molecule has 0 spiro atoms. The van der Waals surface area contributed by atoms with Crippen LogP contribution in [0, 0.1) is 11.6 Å². The lowest BCUT2D eigenvalue weighted by Gasteiger charge is -2.24. The van der Waals surface area contributed by atoms with E-state index in [0.717, 1.165) is 23.5 Å². The summed E-state index contributed by atoms with van der Waals surface area (Å²) in [7, 11) is 0. The Morgan fingerprint density at radius 2 is 2.04 bits per heavy atom. The van der Waals surface area contributed by atoms with E-state index in [1.807, 2.05) is 0 Å². The van der Waals surface area contributed by atoms with Crippen LogP contribution in [0.4, 0.5) is 13.9 Å². The molecule has 0 unspecified atom stereocenters. The van der Waals surface area contributed by atoms with Gasteiger partial charge in [0.1, 0.15) is 10.2 Å². The largest absolute Gasteiger partial charge is 0.475 e. The van der Waals surface area contributed by atoms with E-state index in [4.69, 9.17) is 21.1 Å². The molecule has 146 valence electrons. The number of thiazole rings is 1. The van der Waals surface area contributed by atoms with Crippen LogP contribution in [0.2, 0.25) is 4.34 Å². The molecule has 1 amide bonds. The highest BCUT2D eigenvalue weighted by atomic mass is 35.5. The SMILES string of the molecule is CCOC(=O)Cc1nc(NC(=O)C(C)(C)Oc2ccc(F)cc2F)sc1Cl. The summed E-state index contributed by atoms with van der Waals surface area (Å²) in [5, 5.41) is 2.66. The second kappa shape index (κ2) is 8.62. The summed E-state index contributed by atoms with van der Waals surface area (Å²) in [6.07, 6.45) is -0.125. The van der Waals surface area contributed by atoms with Crippen molar-refractivity contribution in [1.29, 1.82) is 0 Å². The molecular formula is C17H17ClF2N2O4S. The molecule has 0 aliphatic rings. The molecule has 2 aromatic rings. The topological polar surface area (TPSA) is 77.5 Å². The van der Waals surface area contributed by atoms with Gasteiger partial charge in [0.15, 0.2) is 22.3 Å². The number of amides is 1. The summed E-state index contributed by atoms with van der Waals surface area (Å²) in [5.41, 5.74) is -1.21. The van der Waals surface area contributed by atoms with Crippen LogP contribution < -0.4 is 10.1 Å². The predicted octanol–water partition coefficient (Wildman–Crippen LogP) is 3.98. The summed E-state index contributed by atoms with van der Waals surface area (Å²) in [6.45, 7) is 4.74. The highest BCUT2D eigenvalue weighted by Crippen LogP contribution is 2.30. The monoisotopic (exact) mass is 418 g/mol. The molecule has 2 rings (SSSR count). The fourth-order valence-electron chi connectivity index (χ4n) is 1.97. The smallest absolute Gasteiger partial charge is 0.311 e. The molecule has 0 fully saturated rings. The highest BCUT2D eigenvalue weighted by molar-refractivity contribution is 7.19. The van der Waals surface area contributed by atoms with Crippen molar-refractivity contribution in [2.75, 3.05) is 11.9 Å². The molecule has 0 aliphatic heterocycles. The average molecular weight is 419 g/mol. The first-order chi connectivity index (χ1) is 12.6. The van der Waals surface area contributed by atoms with Crippen LogP contribution >= 0.6 is 22.9 Å². The van der Waals surface area contributed by atoms with Gasteiger partial charge in [-0.1, -0.05) is 22.9 Å². The van der Waals surface area contributed by atoms with Crippen molar-refractivity contribution < 1.29 is 27.8 Å². The number of aromatic nitrogens is 1. The Hall–Kier alpha value is -2.26. The number of carbonyl (C=O) groups excluding carboxylic acids is 2. The Kier molecular flexibility index (Phi) is 6.72. The van der Waals surface area contributed by atoms with E-state index in [9.17, 15) is 18.4 Å². The van der Waals surface area contributed by atoms with E-state index < -0.39 is 29.1 Å². The van der Waals surface area contributed by atoms with Gasteiger partial charge in [-0.2, -0.15) is 0 Å². The van der Waals surface area contributed by atoms with Crippen LogP contribution in [-0.2, 0) is 20.7 Å². The summed E-state index contributed by atoms with van der Waals surface area (Å²) in [4.78, 5) is 28.1. The van der Waals surface area contributed by atoms with E-state index in [2.05, 4.69) is 10.3 Å². The Bertz CT molecular complexity index is 857. The first-order valence-electron chi connectivity index (χ1n) is 7.88. The molecule has 1 heterocycles. The molecule has 0 bridgehead atoms.